The van der Waals surface area contributed by atoms with Crippen LogP contribution in [0.5, 0.6) is 0 Å². The van der Waals surface area contributed by atoms with Gasteiger partial charge in [0.2, 0.25) is 0 Å². The first-order valence-electron chi connectivity index (χ1n) is 22.0. The number of thioether (sulfide) groups is 1. The lowest BCUT2D eigenvalue weighted by molar-refractivity contribution is 0.559. The Morgan fingerprint density at radius 2 is 1.38 bits per heavy atom. The first kappa shape index (κ1) is 35.5. The van der Waals surface area contributed by atoms with Crippen LogP contribution in [0.25, 0.3) is 27.5 Å². The summed E-state index contributed by atoms with van der Waals surface area (Å²) in [6, 6.07) is 49.9. The van der Waals surface area contributed by atoms with Gasteiger partial charge in [0.25, 0.3) is 0 Å². The minimum absolute atomic E-state index is 0.106. The molecule has 2 heterocycles. The summed E-state index contributed by atoms with van der Waals surface area (Å²) >= 11 is 2.00. The molecular weight excluding hydrogens is 759 g/mol. The Labute approximate surface area is 362 Å². The van der Waals surface area contributed by atoms with Gasteiger partial charge in [0.1, 0.15) is 11.2 Å². The first-order valence-corrected chi connectivity index (χ1v) is 22.9. The van der Waals surface area contributed by atoms with E-state index in [1.165, 1.54) is 71.9 Å². The molecule has 294 valence electrons. The molecule has 6 aliphatic rings. The molecule has 3 heteroatoms. The quantitative estimate of drug-likeness (QED) is 0.176. The van der Waals surface area contributed by atoms with Crippen molar-refractivity contribution < 1.29 is 4.42 Å². The summed E-state index contributed by atoms with van der Waals surface area (Å²) in [5.41, 5.74) is 19.4. The second kappa shape index (κ2) is 13.1. The number of furan rings is 1. The van der Waals surface area contributed by atoms with Gasteiger partial charge >= 0.3 is 0 Å². The molecule has 0 radical (unpaired) electrons. The molecule has 0 fully saturated rings. The topological polar surface area (TPSA) is 16.4 Å². The van der Waals surface area contributed by atoms with Crippen molar-refractivity contribution in [1.82, 2.24) is 0 Å². The van der Waals surface area contributed by atoms with E-state index in [9.17, 15) is 0 Å². The van der Waals surface area contributed by atoms with Crippen molar-refractivity contribution in [1.29, 1.82) is 0 Å². The molecule has 6 aromatic carbocycles. The van der Waals surface area contributed by atoms with Crippen LogP contribution >= 0.6 is 11.8 Å². The third kappa shape index (κ3) is 4.93. The van der Waals surface area contributed by atoms with Crippen LogP contribution in [0.2, 0.25) is 0 Å². The number of benzene rings is 6. The van der Waals surface area contributed by atoms with E-state index >= 15 is 0 Å². The van der Waals surface area contributed by atoms with Gasteiger partial charge in [-0.2, -0.15) is 0 Å². The highest BCUT2D eigenvalue weighted by atomic mass is 32.2. The normalized spacial score (nSPS) is 22.0. The largest absolute Gasteiger partial charge is 0.456 e. The number of hydrogen-bond acceptors (Lipinski definition) is 3. The fraction of sp³-hybridized carbons (Fsp3) is 0.172. The lowest BCUT2D eigenvalue weighted by atomic mass is 9.55. The summed E-state index contributed by atoms with van der Waals surface area (Å²) < 4.78 is 6.51. The van der Waals surface area contributed by atoms with E-state index < -0.39 is 0 Å². The molecule has 2 nitrogen and oxygen atoms in total. The van der Waals surface area contributed by atoms with Crippen LogP contribution in [0.4, 0.5) is 11.4 Å². The van der Waals surface area contributed by atoms with Crippen molar-refractivity contribution in [3.8, 4) is 0 Å². The zero-order chi connectivity index (χ0) is 40.5. The Bertz CT molecular complexity index is 3170. The maximum absolute atomic E-state index is 6.51. The molecule has 13 rings (SSSR count). The van der Waals surface area contributed by atoms with E-state index in [1.54, 1.807) is 0 Å². The predicted molar refractivity (Wildman–Crippen MR) is 254 cm³/mol. The fourth-order valence-corrected chi connectivity index (χ4v) is 13.4. The maximum Gasteiger partial charge on any atom is 0.137 e. The summed E-state index contributed by atoms with van der Waals surface area (Å²) in [4.78, 5) is 3.93. The molecule has 1 aliphatic heterocycles. The van der Waals surface area contributed by atoms with Crippen molar-refractivity contribution >= 4 is 50.6 Å². The van der Waals surface area contributed by atoms with Gasteiger partial charge in [-0.25, -0.2) is 0 Å². The number of para-hydroxylation sites is 1. The standard InChI is InChI=1S/C58H45NOS/c1-57(2)46-18-7-9-20-48(46)58(49-21-10-8-19-47(49)57)45-17-6-3-14-40(45)41-32-28-37(34-50(41)58)36-26-29-38(30-27-36)59(39-31-33-43-42-15-4-11-23-52(42)60-53(43)35-39)51-22-13-25-55-56(51)44-16-5-12-24-54(44)61-55/h3-26,29,31-35,37,44,54H,27-28,30H2,1-2H3. The summed E-state index contributed by atoms with van der Waals surface area (Å²) in [6.45, 7) is 4.82. The Balaban J connectivity index is 0.951. The Morgan fingerprint density at radius 1 is 0.656 bits per heavy atom. The van der Waals surface area contributed by atoms with Gasteiger partial charge in [-0.3, -0.25) is 0 Å². The van der Waals surface area contributed by atoms with Gasteiger partial charge in [-0.05, 0) is 106 Å². The number of fused-ring (bicyclic) bond motifs is 15. The molecule has 0 N–H and O–H groups in total. The van der Waals surface area contributed by atoms with Gasteiger partial charge in [-0.1, -0.05) is 159 Å². The van der Waals surface area contributed by atoms with E-state index in [0.29, 0.717) is 17.1 Å². The lowest BCUT2D eigenvalue weighted by Gasteiger charge is -2.47. The molecule has 0 saturated carbocycles. The number of rotatable bonds is 4. The van der Waals surface area contributed by atoms with Crippen molar-refractivity contribution in [2.45, 2.75) is 60.0 Å². The smallest absolute Gasteiger partial charge is 0.137 e. The first-order chi connectivity index (χ1) is 30.0. The number of hydrogen-bond donors (Lipinski definition) is 0. The molecule has 61 heavy (non-hydrogen) atoms. The van der Waals surface area contributed by atoms with E-state index in [2.05, 4.69) is 201 Å². The molecule has 7 aromatic rings. The molecule has 1 aromatic heterocycles. The Morgan fingerprint density at radius 3 is 2.18 bits per heavy atom. The minimum Gasteiger partial charge on any atom is -0.456 e. The molecule has 0 saturated heterocycles. The maximum atomic E-state index is 6.51. The molecule has 0 amide bonds. The molecule has 3 atom stereocenters. The minimum atomic E-state index is -0.363. The predicted octanol–water partition coefficient (Wildman–Crippen LogP) is 15.0. The van der Waals surface area contributed by atoms with Crippen molar-refractivity contribution in [2.75, 3.05) is 4.90 Å². The lowest BCUT2D eigenvalue weighted by Crippen LogP contribution is -2.41. The fourth-order valence-electron chi connectivity index (χ4n) is 12.0. The van der Waals surface area contributed by atoms with E-state index in [1.807, 2.05) is 11.8 Å². The second-order valence-corrected chi connectivity index (χ2v) is 19.4. The molecular formula is C58H45NOS. The highest BCUT2D eigenvalue weighted by Gasteiger charge is 2.55. The highest BCUT2D eigenvalue weighted by Crippen LogP contribution is 2.64. The van der Waals surface area contributed by atoms with Crippen LogP contribution in [0, 0.1) is 5.92 Å². The van der Waals surface area contributed by atoms with Gasteiger partial charge in [0.15, 0.2) is 0 Å². The van der Waals surface area contributed by atoms with E-state index in [4.69, 9.17) is 4.42 Å². The number of nitrogens with zero attached hydrogens (tertiary/aromatic N) is 1. The average molecular weight is 804 g/mol. The third-order valence-corrected chi connectivity index (χ3v) is 16.1. The molecule has 0 bridgehead atoms. The van der Waals surface area contributed by atoms with Crippen LogP contribution in [0.15, 0.2) is 208 Å². The van der Waals surface area contributed by atoms with E-state index in [-0.39, 0.29) is 10.8 Å². The number of allylic oxidation sites excluding steroid dienone is 11. The van der Waals surface area contributed by atoms with Crippen LogP contribution in [-0.2, 0) is 10.8 Å². The summed E-state index contributed by atoms with van der Waals surface area (Å²) in [5.74, 6) is 0.655. The van der Waals surface area contributed by atoms with Crippen LogP contribution in [0.1, 0.15) is 78.0 Å². The molecule has 1 spiro atoms. The summed E-state index contributed by atoms with van der Waals surface area (Å²) in [5, 5.41) is 2.74. The van der Waals surface area contributed by atoms with Crippen LogP contribution in [0.3, 0.4) is 0 Å². The SMILES string of the molecule is CC1(C)c2ccccc2C2(C3=CC(C4=CC=C(N(c5ccc6c(c5)oc5ccccc56)c5cccc6c5C5C=CC=CC5S6)CC4)CC=C3c3ccccc32)c2ccccc21. The Hall–Kier alpha value is -6.29. The van der Waals surface area contributed by atoms with Crippen LogP contribution < -0.4 is 4.90 Å². The van der Waals surface area contributed by atoms with Gasteiger partial charge in [0, 0.05) is 55.6 Å². The van der Waals surface area contributed by atoms with Crippen molar-refractivity contribution in [2.24, 2.45) is 5.92 Å². The van der Waals surface area contributed by atoms with Gasteiger partial charge < -0.3 is 9.32 Å². The zero-order valence-corrected chi connectivity index (χ0v) is 35.3. The summed E-state index contributed by atoms with van der Waals surface area (Å²) in [7, 11) is 0. The Kier molecular flexibility index (Phi) is 7.62. The van der Waals surface area contributed by atoms with Crippen molar-refractivity contribution in [3.05, 3.63) is 238 Å². The van der Waals surface area contributed by atoms with Crippen LogP contribution in [-0.4, -0.2) is 5.25 Å². The third-order valence-electron chi connectivity index (χ3n) is 14.8. The average Bonchev–Trinajstić information content (AvgIpc) is 3.97. The number of anilines is 2. The summed E-state index contributed by atoms with van der Waals surface area (Å²) in [6.07, 6.45) is 22.3. The van der Waals surface area contributed by atoms with Gasteiger partial charge in [0.05, 0.1) is 11.1 Å². The molecule has 5 aliphatic carbocycles. The van der Waals surface area contributed by atoms with Gasteiger partial charge in [-0.15, -0.1) is 11.8 Å². The second-order valence-electron chi connectivity index (χ2n) is 18.1. The van der Waals surface area contributed by atoms with Crippen molar-refractivity contribution in [3.63, 3.8) is 0 Å². The highest BCUT2D eigenvalue weighted by molar-refractivity contribution is 8.00. The zero-order valence-electron chi connectivity index (χ0n) is 34.4. The van der Waals surface area contributed by atoms with E-state index in [0.717, 1.165) is 46.9 Å². The molecule has 3 unspecified atom stereocenters. The monoisotopic (exact) mass is 803 g/mol.